The summed E-state index contributed by atoms with van der Waals surface area (Å²) in [5.74, 6) is 0.515. The van der Waals surface area contributed by atoms with Crippen LogP contribution in [0.4, 0.5) is 0 Å². The van der Waals surface area contributed by atoms with Gasteiger partial charge in [0.05, 0.1) is 17.5 Å². The fourth-order valence-corrected chi connectivity index (χ4v) is 5.24. The molecular formula is C21H28N2O3S2. The van der Waals surface area contributed by atoms with Crippen LogP contribution in [0.2, 0.25) is 0 Å². The second-order valence-corrected chi connectivity index (χ2v) is 9.25. The molecule has 1 heterocycles. The molecule has 0 aliphatic heterocycles. The maximum absolute atomic E-state index is 13.2. The Kier molecular flexibility index (Phi) is 7.37. The van der Waals surface area contributed by atoms with Crippen molar-refractivity contribution in [3.05, 3.63) is 34.5 Å². The summed E-state index contributed by atoms with van der Waals surface area (Å²) in [7, 11) is 0. The van der Waals surface area contributed by atoms with Gasteiger partial charge in [-0.3, -0.25) is 9.59 Å². The van der Waals surface area contributed by atoms with Crippen LogP contribution < -0.4 is 10.6 Å². The summed E-state index contributed by atoms with van der Waals surface area (Å²) in [5.41, 5.74) is -0.896. The fourth-order valence-electron chi connectivity index (χ4n) is 3.80. The van der Waals surface area contributed by atoms with Crippen molar-refractivity contribution in [1.82, 2.24) is 10.6 Å². The Labute approximate surface area is 174 Å². The molecule has 1 aromatic heterocycles. The molecule has 7 heteroatoms. The zero-order valence-corrected chi connectivity index (χ0v) is 17.8. The van der Waals surface area contributed by atoms with Gasteiger partial charge >= 0.3 is 0 Å². The van der Waals surface area contributed by atoms with Crippen molar-refractivity contribution >= 4 is 45.7 Å². The fraction of sp³-hybridized carbons (Fsp3) is 0.524. The predicted octanol–water partition coefficient (Wildman–Crippen LogP) is 3.56. The molecule has 1 aromatic carbocycles. The number of hydrogen-bond acceptors (Lipinski definition) is 5. The summed E-state index contributed by atoms with van der Waals surface area (Å²) in [5, 5.41) is 19.6. The highest BCUT2D eigenvalue weighted by molar-refractivity contribution is 7.98. The summed E-state index contributed by atoms with van der Waals surface area (Å²) < 4.78 is 0. The van der Waals surface area contributed by atoms with E-state index in [2.05, 4.69) is 10.6 Å². The minimum Gasteiger partial charge on any atom is -0.394 e. The van der Waals surface area contributed by atoms with Crippen LogP contribution in [0.5, 0.6) is 0 Å². The quantitative estimate of drug-likeness (QED) is 0.610. The van der Waals surface area contributed by atoms with Crippen LogP contribution in [0.15, 0.2) is 29.6 Å². The van der Waals surface area contributed by atoms with Crippen LogP contribution in [-0.2, 0) is 4.79 Å². The van der Waals surface area contributed by atoms with Gasteiger partial charge in [0.15, 0.2) is 0 Å². The van der Waals surface area contributed by atoms with Gasteiger partial charge in [0.25, 0.3) is 5.91 Å². The molecule has 0 unspecified atom stereocenters. The van der Waals surface area contributed by atoms with Crippen molar-refractivity contribution in [2.75, 3.05) is 18.6 Å². The van der Waals surface area contributed by atoms with Crippen molar-refractivity contribution in [1.29, 1.82) is 0 Å². The molecule has 1 aliphatic carbocycles. The maximum atomic E-state index is 13.2. The molecule has 1 atom stereocenters. The van der Waals surface area contributed by atoms with Gasteiger partial charge in [-0.15, -0.1) is 11.3 Å². The molecule has 1 aliphatic rings. The third kappa shape index (κ3) is 4.70. The summed E-state index contributed by atoms with van der Waals surface area (Å²) in [6.07, 6.45) is 6.88. The smallest absolute Gasteiger partial charge is 0.262 e. The van der Waals surface area contributed by atoms with E-state index in [0.29, 0.717) is 24.1 Å². The number of benzene rings is 1. The third-order valence-electron chi connectivity index (χ3n) is 5.44. The SMILES string of the molecule is CSCC[C@@H](CO)NC(=O)C1(NC(=O)c2scc3ccccc23)CCCCC1. The molecule has 0 bridgehead atoms. The number of fused-ring (bicyclic) bond motifs is 1. The average molecular weight is 421 g/mol. The van der Waals surface area contributed by atoms with E-state index in [1.54, 1.807) is 11.8 Å². The monoisotopic (exact) mass is 420 g/mol. The van der Waals surface area contributed by atoms with Crippen LogP contribution in [0.1, 0.15) is 48.2 Å². The van der Waals surface area contributed by atoms with Crippen LogP contribution in [0.3, 0.4) is 0 Å². The Bertz CT molecular complexity index is 815. The summed E-state index contributed by atoms with van der Waals surface area (Å²) in [6, 6.07) is 7.53. The Morgan fingerprint density at radius 3 is 2.71 bits per heavy atom. The highest BCUT2D eigenvalue weighted by atomic mass is 32.2. The standard InChI is InChI=1S/C21H28N2O3S2/c1-27-12-9-16(13-24)22-20(26)21(10-5-2-6-11-21)23-19(25)18-17-8-4-3-7-15(17)14-28-18/h3-4,7-8,14,16,24H,2,5-6,9-13H2,1H3,(H,22,26)(H,23,25)/t16-/m0/s1. The van der Waals surface area contributed by atoms with E-state index in [1.807, 2.05) is 35.9 Å². The molecule has 3 N–H and O–H groups in total. The zero-order valence-electron chi connectivity index (χ0n) is 16.2. The normalized spacial score (nSPS) is 17.2. The molecule has 1 saturated carbocycles. The highest BCUT2D eigenvalue weighted by Crippen LogP contribution is 2.31. The minimum absolute atomic E-state index is 0.0914. The van der Waals surface area contributed by atoms with Gasteiger partial charge in [-0.2, -0.15) is 11.8 Å². The van der Waals surface area contributed by atoms with Crippen LogP contribution >= 0.6 is 23.1 Å². The molecule has 2 aromatic rings. The zero-order chi connectivity index (χ0) is 20.0. The van der Waals surface area contributed by atoms with Gasteiger partial charge < -0.3 is 15.7 Å². The van der Waals surface area contributed by atoms with Gasteiger partial charge in [-0.25, -0.2) is 0 Å². The van der Waals surface area contributed by atoms with E-state index in [9.17, 15) is 14.7 Å². The first-order valence-electron chi connectivity index (χ1n) is 9.79. The predicted molar refractivity (Wildman–Crippen MR) is 117 cm³/mol. The molecular weight excluding hydrogens is 392 g/mol. The van der Waals surface area contributed by atoms with E-state index in [4.69, 9.17) is 0 Å². The van der Waals surface area contributed by atoms with E-state index < -0.39 is 5.54 Å². The number of hydrogen-bond donors (Lipinski definition) is 3. The number of thioether (sulfide) groups is 1. The first-order valence-corrected chi connectivity index (χ1v) is 12.1. The van der Waals surface area contributed by atoms with Crippen LogP contribution in [0, 0.1) is 0 Å². The van der Waals surface area contributed by atoms with Crippen LogP contribution in [0.25, 0.3) is 10.8 Å². The number of aliphatic hydroxyl groups excluding tert-OH is 1. The highest BCUT2D eigenvalue weighted by Gasteiger charge is 2.42. The maximum Gasteiger partial charge on any atom is 0.262 e. The first-order chi connectivity index (χ1) is 13.6. The van der Waals surface area contributed by atoms with Gasteiger partial charge in [-0.1, -0.05) is 43.5 Å². The van der Waals surface area contributed by atoms with E-state index in [-0.39, 0.29) is 24.5 Å². The molecule has 0 saturated heterocycles. The van der Waals surface area contributed by atoms with Crippen molar-refractivity contribution in [2.24, 2.45) is 0 Å². The lowest BCUT2D eigenvalue weighted by atomic mass is 9.80. The Hall–Kier alpha value is -1.57. The van der Waals surface area contributed by atoms with Crippen LogP contribution in [-0.4, -0.2) is 47.1 Å². The summed E-state index contributed by atoms with van der Waals surface area (Å²) in [4.78, 5) is 26.9. The Morgan fingerprint density at radius 2 is 2.00 bits per heavy atom. The number of amides is 2. The number of nitrogens with one attached hydrogen (secondary N) is 2. The number of carbonyl (C=O) groups excluding carboxylic acids is 2. The molecule has 1 fully saturated rings. The van der Waals surface area contributed by atoms with Crippen molar-refractivity contribution in [3.63, 3.8) is 0 Å². The summed E-state index contributed by atoms with van der Waals surface area (Å²) >= 11 is 3.10. The van der Waals surface area contributed by atoms with Crippen molar-refractivity contribution in [3.8, 4) is 0 Å². The van der Waals surface area contributed by atoms with Gasteiger partial charge in [-0.05, 0) is 42.0 Å². The second kappa shape index (κ2) is 9.76. The molecule has 28 heavy (non-hydrogen) atoms. The molecule has 2 amide bonds. The lowest BCUT2D eigenvalue weighted by Gasteiger charge is -2.37. The number of aliphatic hydroxyl groups is 1. The van der Waals surface area contributed by atoms with E-state index >= 15 is 0 Å². The molecule has 3 rings (SSSR count). The Balaban J connectivity index is 1.79. The van der Waals surface area contributed by atoms with Crippen molar-refractivity contribution in [2.45, 2.75) is 50.1 Å². The van der Waals surface area contributed by atoms with E-state index in [1.165, 1.54) is 11.3 Å². The Morgan fingerprint density at radius 1 is 1.25 bits per heavy atom. The molecule has 0 radical (unpaired) electrons. The van der Waals surface area contributed by atoms with Gasteiger partial charge in [0, 0.05) is 5.39 Å². The molecule has 5 nitrogen and oxygen atoms in total. The largest absolute Gasteiger partial charge is 0.394 e. The lowest BCUT2D eigenvalue weighted by molar-refractivity contribution is -0.129. The van der Waals surface area contributed by atoms with Gasteiger partial charge in [0.1, 0.15) is 5.54 Å². The minimum atomic E-state index is -0.896. The molecule has 152 valence electrons. The topological polar surface area (TPSA) is 78.4 Å². The molecule has 0 spiro atoms. The van der Waals surface area contributed by atoms with Gasteiger partial charge in [0.2, 0.25) is 5.91 Å². The van der Waals surface area contributed by atoms with Crippen molar-refractivity contribution < 1.29 is 14.7 Å². The second-order valence-electron chi connectivity index (χ2n) is 7.38. The summed E-state index contributed by atoms with van der Waals surface area (Å²) in [6.45, 7) is -0.0914. The average Bonchev–Trinajstić information content (AvgIpc) is 3.16. The third-order valence-corrected chi connectivity index (χ3v) is 7.09. The number of thiophene rings is 1. The number of rotatable bonds is 8. The van der Waals surface area contributed by atoms with E-state index in [0.717, 1.165) is 35.8 Å². The first kappa shape index (κ1) is 21.1. The number of carbonyl (C=O) groups is 2. The lowest BCUT2D eigenvalue weighted by Crippen LogP contribution is -2.61.